The van der Waals surface area contributed by atoms with Crippen LogP contribution in [0.3, 0.4) is 0 Å². The molecule has 5 rings (SSSR count). The molecule has 2 aliphatic heterocycles. The fraction of sp³-hybridized carbons (Fsp3) is 0.636. The third-order valence-corrected chi connectivity index (χ3v) is 12.9. The van der Waals surface area contributed by atoms with E-state index in [1.165, 1.54) is 29.9 Å². The fourth-order valence-electron chi connectivity index (χ4n) is 9.29. The van der Waals surface area contributed by atoms with Gasteiger partial charge >= 0.3 is 0 Å². The molecule has 0 bridgehead atoms. The van der Waals surface area contributed by atoms with Gasteiger partial charge in [0, 0.05) is 24.1 Å². The molecule has 190 valence electrons. The number of quaternary nitrogens is 1. The molecule has 0 spiro atoms. The van der Waals surface area contributed by atoms with Crippen LogP contribution in [-0.4, -0.2) is 20.3 Å². The van der Waals surface area contributed by atoms with Crippen molar-refractivity contribution in [3.63, 3.8) is 0 Å². The minimum atomic E-state index is 0.108. The molecule has 3 atom stereocenters. The predicted molar refractivity (Wildman–Crippen MR) is 153 cm³/mol. The molecular weight excluding hydrogens is 424 g/mol. The van der Waals surface area contributed by atoms with E-state index in [1.54, 1.807) is 16.7 Å². The van der Waals surface area contributed by atoms with Gasteiger partial charge in [-0.3, -0.25) is 0 Å². The molecule has 0 amide bonds. The van der Waals surface area contributed by atoms with Gasteiger partial charge in [-0.05, 0) is 58.8 Å². The third-order valence-electron chi connectivity index (χ3n) is 12.9. The summed E-state index contributed by atoms with van der Waals surface area (Å²) in [6.07, 6.45) is 3.91. The highest BCUT2D eigenvalue weighted by Crippen LogP contribution is 2.69. The van der Waals surface area contributed by atoms with E-state index in [4.69, 9.17) is 0 Å². The average molecular weight is 474 g/mol. The van der Waals surface area contributed by atoms with Gasteiger partial charge in [0.2, 0.25) is 0 Å². The van der Waals surface area contributed by atoms with Crippen molar-refractivity contribution < 1.29 is 0 Å². The Morgan fingerprint density at radius 1 is 0.743 bits per heavy atom. The monoisotopic (exact) mass is 473 g/mol. The zero-order valence-electron chi connectivity index (χ0n) is 24.6. The van der Waals surface area contributed by atoms with Crippen LogP contribution in [0.1, 0.15) is 105 Å². The summed E-state index contributed by atoms with van der Waals surface area (Å²) in [6.45, 7) is 24.7. The van der Waals surface area contributed by atoms with Gasteiger partial charge in [0.1, 0.15) is 11.4 Å². The molecule has 0 saturated heterocycles. The van der Waals surface area contributed by atoms with Crippen LogP contribution in [0.2, 0.25) is 0 Å². The van der Waals surface area contributed by atoms with Crippen LogP contribution < -0.4 is 9.38 Å². The second-order valence-corrected chi connectivity index (χ2v) is 13.9. The van der Waals surface area contributed by atoms with Gasteiger partial charge in [0.25, 0.3) is 0 Å². The van der Waals surface area contributed by atoms with E-state index in [0.29, 0.717) is 6.17 Å². The summed E-state index contributed by atoms with van der Waals surface area (Å²) in [4.78, 5) is 2.70. The second kappa shape index (κ2) is 6.94. The smallest absolute Gasteiger partial charge is 0.180 e. The molecule has 0 aromatic heterocycles. The molecule has 0 radical (unpaired) electrons. The van der Waals surface area contributed by atoms with E-state index in [2.05, 4.69) is 125 Å². The standard InChI is InChI=1S/C33H49N2/c1-13-32(10)22-18-16-17-19-26(22)35(12)27-21-24-23(29(4,5)31(8,9)30(24,6)7)20-25(27)34(11)28(35)33(32,14-2)15-3/h16-21,28H,13-15H2,1-12H3/q+1. The Morgan fingerprint density at radius 3 is 1.83 bits per heavy atom. The molecular formula is C33H49N2+. The number of fused-ring (bicyclic) bond motifs is 6. The summed E-state index contributed by atoms with van der Waals surface area (Å²) >= 11 is 0. The highest BCUT2D eigenvalue weighted by atomic mass is 15.5. The Morgan fingerprint density at radius 2 is 1.29 bits per heavy atom. The Balaban J connectivity index is 1.90. The number of para-hydroxylation sites is 1. The van der Waals surface area contributed by atoms with Crippen molar-refractivity contribution in [2.75, 3.05) is 19.0 Å². The van der Waals surface area contributed by atoms with Crippen LogP contribution in [0.25, 0.3) is 0 Å². The Kier molecular flexibility index (Phi) is 4.93. The number of anilines is 1. The van der Waals surface area contributed by atoms with Gasteiger partial charge in [-0.1, -0.05) is 87.4 Å². The highest BCUT2D eigenvalue weighted by Gasteiger charge is 2.69. The van der Waals surface area contributed by atoms with Crippen molar-refractivity contribution in [1.82, 2.24) is 4.48 Å². The van der Waals surface area contributed by atoms with Gasteiger partial charge in [-0.2, -0.15) is 0 Å². The lowest BCUT2D eigenvalue weighted by Gasteiger charge is -2.60. The SMILES string of the molecule is CCC1(C)c2ccccc2[N+]2(C)c3cc4c(cc3N(C)C2C1(CC)CC)C(C)(C)C(C)(C)C4(C)C. The first-order chi connectivity index (χ1) is 16.1. The maximum atomic E-state index is 2.70. The lowest BCUT2D eigenvalue weighted by Crippen LogP contribution is -2.69. The fourth-order valence-corrected chi connectivity index (χ4v) is 9.29. The molecule has 2 aromatic carbocycles. The van der Waals surface area contributed by atoms with Crippen molar-refractivity contribution in [2.45, 2.75) is 111 Å². The summed E-state index contributed by atoms with van der Waals surface area (Å²) < 4.78 is 0.892. The molecule has 0 N–H and O–H groups in total. The minimum absolute atomic E-state index is 0.108. The van der Waals surface area contributed by atoms with E-state index in [9.17, 15) is 0 Å². The zero-order valence-corrected chi connectivity index (χ0v) is 24.6. The van der Waals surface area contributed by atoms with Gasteiger partial charge in [-0.25, -0.2) is 4.48 Å². The minimum Gasteiger partial charge on any atom is -0.319 e. The molecule has 3 aliphatic rings. The molecule has 1 aliphatic carbocycles. The molecule has 2 heteroatoms. The highest BCUT2D eigenvalue weighted by molar-refractivity contribution is 5.85. The lowest BCUT2D eigenvalue weighted by atomic mass is 9.52. The Labute approximate surface area is 215 Å². The molecule has 2 nitrogen and oxygen atoms in total. The number of hydrogen-bond donors (Lipinski definition) is 0. The maximum absolute atomic E-state index is 2.70. The average Bonchev–Trinajstić information content (AvgIpc) is 3.11. The van der Waals surface area contributed by atoms with Crippen molar-refractivity contribution in [3.8, 4) is 0 Å². The summed E-state index contributed by atoms with van der Waals surface area (Å²) in [5.41, 5.74) is 9.81. The van der Waals surface area contributed by atoms with Crippen molar-refractivity contribution in [1.29, 1.82) is 0 Å². The third kappa shape index (κ3) is 2.37. The summed E-state index contributed by atoms with van der Waals surface area (Å²) in [5, 5.41) is 0. The van der Waals surface area contributed by atoms with Crippen LogP contribution in [0.4, 0.5) is 17.1 Å². The lowest BCUT2D eigenvalue weighted by molar-refractivity contribution is 0.0112. The van der Waals surface area contributed by atoms with Crippen LogP contribution in [0.15, 0.2) is 36.4 Å². The normalized spacial score (nSPS) is 32.6. The summed E-state index contributed by atoms with van der Waals surface area (Å²) in [7, 11) is 4.91. The molecule has 3 unspecified atom stereocenters. The first kappa shape index (κ1) is 24.9. The maximum Gasteiger partial charge on any atom is 0.180 e. The van der Waals surface area contributed by atoms with E-state index in [1.807, 2.05) is 0 Å². The number of benzene rings is 2. The second-order valence-electron chi connectivity index (χ2n) is 13.9. The molecule has 35 heavy (non-hydrogen) atoms. The van der Waals surface area contributed by atoms with E-state index in [-0.39, 0.29) is 27.1 Å². The van der Waals surface area contributed by atoms with Crippen molar-refractivity contribution in [3.05, 3.63) is 53.1 Å². The predicted octanol–water partition coefficient (Wildman–Crippen LogP) is 8.81. The van der Waals surface area contributed by atoms with Crippen molar-refractivity contribution >= 4 is 17.1 Å². The number of hydrogen-bond acceptors (Lipinski definition) is 1. The largest absolute Gasteiger partial charge is 0.319 e. The Bertz CT molecular complexity index is 1200. The van der Waals surface area contributed by atoms with Gasteiger partial charge in [0.15, 0.2) is 11.9 Å². The van der Waals surface area contributed by atoms with Crippen molar-refractivity contribution in [2.24, 2.45) is 10.8 Å². The Hall–Kier alpha value is -1.80. The van der Waals surface area contributed by atoms with E-state index in [0.717, 1.165) is 10.9 Å². The number of rotatable bonds is 3. The molecule has 0 saturated carbocycles. The number of nitrogens with zero attached hydrogens (tertiary/aromatic N) is 2. The van der Waals surface area contributed by atoms with Crippen LogP contribution in [0.5, 0.6) is 0 Å². The van der Waals surface area contributed by atoms with Gasteiger partial charge < -0.3 is 4.90 Å². The van der Waals surface area contributed by atoms with Crippen LogP contribution >= 0.6 is 0 Å². The van der Waals surface area contributed by atoms with E-state index < -0.39 is 0 Å². The first-order valence-corrected chi connectivity index (χ1v) is 14.0. The summed E-state index contributed by atoms with van der Waals surface area (Å²) in [5.74, 6) is 0. The molecule has 0 fully saturated rings. The van der Waals surface area contributed by atoms with Gasteiger partial charge in [0.05, 0.1) is 12.5 Å². The molecule has 2 heterocycles. The molecule has 2 aromatic rings. The first-order valence-electron chi connectivity index (χ1n) is 14.0. The topological polar surface area (TPSA) is 3.24 Å². The van der Waals surface area contributed by atoms with Crippen LogP contribution in [-0.2, 0) is 16.2 Å². The quantitative estimate of drug-likeness (QED) is 0.402. The zero-order chi connectivity index (χ0) is 26.0. The van der Waals surface area contributed by atoms with Crippen LogP contribution in [0, 0.1) is 10.8 Å². The van der Waals surface area contributed by atoms with E-state index >= 15 is 0 Å². The summed E-state index contributed by atoms with van der Waals surface area (Å²) in [6, 6.07) is 14.7. The van der Waals surface area contributed by atoms with Gasteiger partial charge in [-0.15, -0.1) is 0 Å².